The van der Waals surface area contributed by atoms with Crippen LogP contribution >= 0.6 is 0 Å². The van der Waals surface area contributed by atoms with Crippen molar-refractivity contribution in [3.05, 3.63) is 71.5 Å². The van der Waals surface area contributed by atoms with Gasteiger partial charge in [0.15, 0.2) is 0 Å². The quantitative estimate of drug-likeness (QED) is 0.863. The molecule has 4 heteroatoms. The number of nitrogens with two attached hydrogens (primary N) is 1. The topological polar surface area (TPSA) is 55.1 Å². The highest BCUT2D eigenvalue weighted by Crippen LogP contribution is 2.14. The Labute approximate surface area is 111 Å². The van der Waals surface area contributed by atoms with E-state index in [9.17, 15) is 9.18 Å². The van der Waals surface area contributed by atoms with Crippen LogP contribution in [0, 0.1) is 5.82 Å². The standard InChI is InChI=1S/C15H15FN2O/c16-13-8-6-12(7-9-13)14(15(17)19)18-10-11-4-2-1-3-5-11/h1-9,14,18H,10H2,(H2,17,19)/t14-/m1/s1. The average molecular weight is 258 g/mol. The van der Waals surface area contributed by atoms with Crippen LogP contribution in [0.4, 0.5) is 4.39 Å². The average Bonchev–Trinajstić information content (AvgIpc) is 2.42. The third kappa shape index (κ3) is 3.63. The van der Waals surface area contributed by atoms with Gasteiger partial charge >= 0.3 is 0 Å². The maximum absolute atomic E-state index is 12.9. The lowest BCUT2D eigenvalue weighted by Gasteiger charge is -2.16. The normalized spacial score (nSPS) is 12.1. The molecule has 0 bridgehead atoms. The van der Waals surface area contributed by atoms with Gasteiger partial charge in [-0.25, -0.2) is 4.39 Å². The fourth-order valence-electron chi connectivity index (χ4n) is 1.85. The van der Waals surface area contributed by atoms with Crippen molar-refractivity contribution < 1.29 is 9.18 Å². The first-order valence-corrected chi connectivity index (χ1v) is 5.99. The van der Waals surface area contributed by atoms with E-state index in [1.807, 2.05) is 30.3 Å². The number of carbonyl (C=O) groups excluding carboxylic acids is 1. The molecule has 0 heterocycles. The Hall–Kier alpha value is -2.20. The van der Waals surface area contributed by atoms with Crippen molar-refractivity contribution in [3.8, 4) is 0 Å². The van der Waals surface area contributed by atoms with Crippen molar-refractivity contribution in [2.45, 2.75) is 12.6 Å². The van der Waals surface area contributed by atoms with Gasteiger partial charge in [-0.3, -0.25) is 10.1 Å². The molecule has 0 saturated carbocycles. The Morgan fingerprint density at radius 3 is 2.32 bits per heavy atom. The van der Waals surface area contributed by atoms with E-state index in [1.165, 1.54) is 12.1 Å². The first kappa shape index (κ1) is 13.2. The molecule has 0 saturated heterocycles. The summed E-state index contributed by atoms with van der Waals surface area (Å²) in [6.45, 7) is 0.520. The van der Waals surface area contributed by atoms with Crippen molar-refractivity contribution in [2.75, 3.05) is 0 Å². The van der Waals surface area contributed by atoms with E-state index in [2.05, 4.69) is 5.32 Å². The second-order valence-corrected chi connectivity index (χ2v) is 4.25. The number of rotatable bonds is 5. The minimum Gasteiger partial charge on any atom is -0.368 e. The molecule has 2 aromatic carbocycles. The predicted molar refractivity (Wildman–Crippen MR) is 71.6 cm³/mol. The molecule has 0 unspecified atom stereocenters. The lowest BCUT2D eigenvalue weighted by molar-refractivity contribution is -0.120. The molecule has 2 rings (SSSR count). The highest BCUT2D eigenvalue weighted by molar-refractivity contribution is 5.81. The third-order valence-corrected chi connectivity index (χ3v) is 2.84. The summed E-state index contributed by atoms with van der Waals surface area (Å²) in [5.74, 6) is -0.822. The van der Waals surface area contributed by atoms with Crippen LogP contribution in [0.25, 0.3) is 0 Å². The van der Waals surface area contributed by atoms with Gasteiger partial charge in [0.25, 0.3) is 0 Å². The molecule has 2 aromatic rings. The molecule has 0 aliphatic carbocycles. The first-order valence-electron chi connectivity index (χ1n) is 5.99. The first-order chi connectivity index (χ1) is 9.16. The van der Waals surface area contributed by atoms with Gasteiger partial charge in [0.2, 0.25) is 5.91 Å². The Bertz CT molecular complexity index is 540. The summed E-state index contributed by atoms with van der Waals surface area (Å²) in [4.78, 5) is 11.5. The predicted octanol–water partition coefficient (Wildman–Crippen LogP) is 2.14. The number of nitrogens with one attached hydrogen (secondary N) is 1. The van der Waals surface area contributed by atoms with Crippen LogP contribution in [0.3, 0.4) is 0 Å². The summed E-state index contributed by atoms with van der Waals surface area (Å²) in [6.07, 6.45) is 0. The van der Waals surface area contributed by atoms with E-state index < -0.39 is 11.9 Å². The van der Waals surface area contributed by atoms with Gasteiger partial charge in [0.1, 0.15) is 11.9 Å². The summed E-state index contributed by atoms with van der Waals surface area (Å²) in [7, 11) is 0. The minimum absolute atomic E-state index is 0.338. The molecule has 0 aromatic heterocycles. The Morgan fingerprint density at radius 1 is 1.11 bits per heavy atom. The molecular formula is C15H15FN2O. The van der Waals surface area contributed by atoms with Crippen LogP contribution in [0.1, 0.15) is 17.2 Å². The van der Waals surface area contributed by atoms with Crippen LogP contribution in [-0.2, 0) is 11.3 Å². The molecule has 0 aliphatic rings. The highest BCUT2D eigenvalue weighted by Gasteiger charge is 2.16. The van der Waals surface area contributed by atoms with Crippen molar-refractivity contribution in [2.24, 2.45) is 5.73 Å². The van der Waals surface area contributed by atoms with E-state index >= 15 is 0 Å². The summed E-state index contributed by atoms with van der Waals surface area (Å²) >= 11 is 0. The number of hydrogen-bond donors (Lipinski definition) is 2. The summed E-state index contributed by atoms with van der Waals surface area (Å²) in [5, 5.41) is 3.07. The largest absolute Gasteiger partial charge is 0.368 e. The Balaban J connectivity index is 2.09. The fraction of sp³-hybridized carbons (Fsp3) is 0.133. The molecule has 1 amide bonds. The number of carbonyl (C=O) groups is 1. The maximum Gasteiger partial charge on any atom is 0.239 e. The number of primary amides is 1. The van der Waals surface area contributed by atoms with Crippen molar-refractivity contribution in [3.63, 3.8) is 0 Å². The van der Waals surface area contributed by atoms with Gasteiger partial charge in [0.05, 0.1) is 0 Å². The molecule has 3 nitrogen and oxygen atoms in total. The molecule has 0 spiro atoms. The van der Waals surface area contributed by atoms with E-state index in [0.29, 0.717) is 12.1 Å². The summed E-state index contributed by atoms with van der Waals surface area (Å²) in [6, 6.07) is 14.8. The zero-order chi connectivity index (χ0) is 13.7. The SMILES string of the molecule is NC(=O)[C@H](NCc1ccccc1)c1ccc(F)cc1. The van der Waals surface area contributed by atoms with Crippen LogP contribution in [-0.4, -0.2) is 5.91 Å². The summed E-state index contributed by atoms with van der Waals surface area (Å²) < 4.78 is 12.9. The monoisotopic (exact) mass is 258 g/mol. The maximum atomic E-state index is 12.9. The molecule has 19 heavy (non-hydrogen) atoms. The number of halogens is 1. The van der Waals surface area contributed by atoms with Crippen LogP contribution in [0.5, 0.6) is 0 Å². The number of benzene rings is 2. The lowest BCUT2D eigenvalue weighted by Crippen LogP contribution is -2.33. The van der Waals surface area contributed by atoms with Crippen molar-refractivity contribution >= 4 is 5.91 Å². The molecule has 98 valence electrons. The third-order valence-electron chi connectivity index (χ3n) is 2.84. The fourth-order valence-corrected chi connectivity index (χ4v) is 1.85. The molecule has 3 N–H and O–H groups in total. The van der Waals surface area contributed by atoms with E-state index in [1.54, 1.807) is 12.1 Å². The zero-order valence-electron chi connectivity index (χ0n) is 10.3. The van der Waals surface area contributed by atoms with E-state index in [0.717, 1.165) is 5.56 Å². The van der Waals surface area contributed by atoms with Crippen LogP contribution < -0.4 is 11.1 Å². The second kappa shape index (κ2) is 6.11. The molecule has 0 radical (unpaired) electrons. The second-order valence-electron chi connectivity index (χ2n) is 4.25. The van der Waals surface area contributed by atoms with Gasteiger partial charge in [-0.05, 0) is 23.3 Å². The smallest absolute Gasteiger partial charge is 0.239 e. The summed E-state index contributed by atoms with van der Waals surface area (Å²) in [5.41, 5.74) is 7.08. The number of amides is 1. The highest BCUT2D eigenvalue weighted by atomic mass is 19.1. The zero-order valence-corrected chi connectivity index (χ0v) is 10.3. The Morgan fingerprint density at radius 2 is 1.74 bits per heavy atom. The van der Waals surface area contributed by atoms with E-state index in [-0.39, 0.29) is 5.82 Å². The molecular weight excluding hydrogens is 243 g/mol. The van der Waals surface area contributed by atoms with Gasteiger partial charge in [0, 0.05) is 6.54 Å². The lowest BCUT2D eigenvalue weighted by atomic mass is 10.1. The Kier molecular flexibility index (Phi) is 4.26. The van der Waals surface area contributed by atoms with Gasteiger partial charge in [-0.15, -0.1) is 0 Å². The van der Waals surface area contributed by atoms with Gasteiger partial charge in [-0.1, -0.05) is 42.5 Å². The van der Waals surface area contributed by atoms with Crippen LogP contribution in [0.15, 0.2) is 54.6 Å². The van der Waals surface area contributed by atoms with Gasteiger partial charge in [-0.2, -0.15) is 0 Å². The molecule has 0 aliphatic heterocycles. The van der Waals surface area contributed by atoms with Gasteiger partial charge < -0.3 is 5.73 Å². The van der Waals surface area contributed by atoms with Crippen LogP contribution in [0.2, 0.25) is 0 Å². The van der Waals surface area contributed by atoms with E-state index in [4.69, 9.17) is 5.73 Å². The van der Waals surface area contributed by atoms with Crippen molar-refractivity contribution in [1.82, 2.24) is 5.32 Å². The molecule has 0 fully saturated rings. The molecule has 1 atom stereocenters. The number of hydrogen-bond acceptors (Lipinski definition) is 2. The van der Waals surface area contributed by atoms with Crippen molar-refractivity contribution in [1.29, 1.82) is 0 Å². The minimum atomic E-state index is -0.624.